The van der Waals surface area contributed by atoms with E-state index in [1.54, 1.807) is 0 Å². The molecule has 19 heteroatoms. The van der Waals surface area contributed by atoms with E-state index in [0.29, 0.717) is 31.6 Å². The van der Waals surface area contributed by atoms with Crippen molar-refractivity contribution in [1.82, 2.24) is 0 Å². The average Bonchev–Trinajstić information content (AvgIpc) is 3.70. The van der Waals surface area contributed by atoms with Crippen LogP contribution in [0.1, 0.15) is 344 Å². The van der Waals surface area contributed by atoms with E-state index in [4.69, 9.17) is 37.0 Å². The first kappa shape index (κ1) is 87.1. The smallest absolute Gasteiger partial charge is 0.462 e. The van der Waals surface area contributed by atoms with E-state index in [9.17, 15) is 43.2 Å². The van der Waals surface area contributed by atoms with Gasteiger partial charge in [0, 0.05) is 25.7 Å². The third-order valence-corrected chi connectivity index (χ3v) is 18.7. The molecule has 0 aromatic carbocycles. The lowest BCUT2D eigenvalue weighted by atomic mass is 9.99. The van der Waals surface area contributed by atoms with Crippen LogP contribution in [0.3, 0.4) is 0 Å². The van der Waals surface area contributed by atoms with Crippen molar-refractivity contribution in [1.29, 1.82) is 0 Å². The molecular weight excluding hydrogens is 1170 g/mol. The van der Waals surface area contributed by atoms with Crippen molar-refractivity contribution in [2.75, 3.05) is 39.6 Å². The van der Waals surface area contributed by atoms with Gasteiger partial charge in [0.25, 0.3) is 0 Å². The van der Waals surface area contributed by atoms with E-state index in [0.717, 1.165) is 120 Å². The van der Waals surface area contributed by atoms with Crippen LogP contribution in [-0.2, 0) is 65.4 Å². The van der Waals surface area contributed by atoms with Gasteiger partial charge in [-0.2, -0.15) is 0 Å². The summed E-state index contributed by atoms with van der Waals surface area (Å²) >= 11 is 0. The lowest BCUT2D eigenvalue weighted by Crippen LogP contribution is -2.30. The number of phosphoric acid groups is 2. The minimum atomic E-state index is -4.95. The van der Waals surface area contributed by atoms with Gasteiger partial charge in [-0.15, -0.1) is 0 Å². The highest BCUT2D eigenvalue weighted by Crippen LogP contribution is 2.45. The van der Waals surface area contributed by atoms with Crippen LogP contribution < -0.4 is 0 Å². The first-order chi connectivity index (χ1) is 42.7. The van der Waals surface area contributed by atoms with Crippen molar-refractivity contribution in [3.05, 3.63) is 0 Å². The van der Waals surface area contributed by atoms with E-state index in [-0.39, 0.29) is 25.7 Å². The van der Waals surface area contributed by atoms with Crippen molar-refractivity contribution in [3.8, 4) is 0 Å². The van der Waals surface area contributed by atoms with Crippen LogP contribution in [0.2, 0.25) is 0 Å². The quantitative estimate of drug-likeness (QED) is 0.0222. The number of aliphatic hydroxyl groups excluding tert-OH is 1. The molecule has 4 unspecified atom stereocenters. The lowest BCUT2D eigenvalue weighted by molar-refractivity contribution is -0.161. The molecule has 0 amide bonds. The van der Waals surface area contributed by atoms with Crippen molar-refractivity contribution >= 4 is 39.5 Å². The maximum absolute atomic E-state index is 13.0. The molecule has 89 heavy (non-hydrogen) atoms. The summed E-state index contributed by atoms with van der Waals surface area (Å²) in [5, 5.41) is 10.6. The Labute approximate surface area is 543 Å². The Morgan fingerprint density at radius 1 is 0.315 bits per heavy atom. The summed E-state index contributed by atoms with van der Waals surface area (Å²) in [6.07, 6.45) is 41.8. The second-order valence-corrected chi connectivity index (χ2v) is 29.6. The molecule has 7 atom stereocenters. The Morgan fingerprint density at radius 2 is 0.539 bits per heavy atom. The predicted molar refractivity (Wildman–Crippen MR) is 358 cm³/mol. The Morgan fingerprint density at radius 3 is 0.798 bits per heavy atom. The van der Waals surface area contributed by atoms with Crippen LogP contribution in [0.5, 0.6) is 0 Å². The topological polar surface area (TPSA) is 237 Å². The van der Waals surface area contributed by atoms with Crippen LogP contribution in [0, 0.1) is 23.7 Å². The summed E-state index contributed by atoms with van der Waals surface area (Å²) in [7, 11) is -9.90. The van der Waals surface area contributed by atoms with E-state index in [1.807, 2.05) is 0 Å². The molecule has 528 valence electrons. The van der Waals surface area contributed by atoms with Gasteiger partial charge in [-0.1, -0.05) is 293 Å². The molecule has 3 N–H and O–H groups in total. The van der Waals surface area contributed by atoms with Gasteiger partial charge in [0.1, 0.15) is 19.3 Å². The van der Waals surface area contributed by atoms with Crippen molar-refractivity contribution < 1.29 is 80.2 Å². The van der Waals surface area contributed by atoms with Gasteiger partial charge < -0.3 is 33.8 Å². The number of ether oxygens (including phenoxy) is 4. The highest BCUT2D eigenvalue weighted by atomic mass is 31.2. The first-order valence-electron chi connectivity index (χ1n) is 36.3. The zero-order chi connectivity index (χ0) is 66.1. The maximum Gasteiger partial charge on any atom is 0.472 e. The van der Waals surface area contributed by atoms with E-state index in [2.05, 4.69) is 55.4 Å². The molecule has 0 aromatic heterocycles. The summed E-state index contributed by atoms with van der Waals surface area (Å²) in [5.74, 6) is 0.867. The Kier molecular flexibility index (Phi) is 58.5. The van der Waals surface area contributed by atoms with E-state index >= 15 is 0 Å². The van der Waals surface area contributed by atoms with Gasteiger partial charge in [0.2, 0.25) is 0 Å². The third kappa shape index (κ3) is 62.0. The minimum Gasteiger partial charge on any atom is -0.462 e. The Balaban J connectivity index is 5.22. The summed E-state index contributed by atoms with van der Waals surface area (Å²) in [5.41, 5.74) is 0. The number of rotatable bonds is 67. The number of aliphatic hydroxyl groups is 1. The molecular formula is C70H136O17P2. The maximum atomic E-state index is 13.0. The highest BCUT2D eigenvalue weighted by molar-refractivity contribution is 7.47. The normalized spacial score (nSPS) is 14.9. The minimum absolute atomic E-state index is 0.103. The number of carbonyl (C=O) groups excluding carboxylic acids is 4. The molecule has 0 rings (SSSR count). The van der Waals surface area contributed by atoms with Crippen molar-refractivity contribution in [3.63, 3.8) is 0 Å². The standard InChI is InChI=1S/C70H136O17P2/c1-9-62(7)48-40-32-24-17-15-13-11-12-14-16-18-25-36-44-52-69(74)86-66(57-81-68(73)51-43-35-29-28-33-41-49-63(8)10-2)59-85-89(78,79)83-55-64(71)54-82-88(76,77)84-58-65(56-80-67(72)50-42-34-27-21-23-31-39-47-61(5)6)87-70(75)53-45-37-26-20-19-22-30-38-46-60(3)4/h60-66,71H,9-59H2,1-8H3,(H,76,77)(H,78,79)/t62?,63?,64-,65-,66-/m1/s1. The number of phosphoric ester groups is 2. The fourth-order valence-electron chi connectivity index (χ4n) is 10.4. The third-order valence-electron chi connectivity index (χ3n) is 16.8. The molecule has 0 bridgehead atoms. The van der Waals surface area contributed by atoms with E-state index in [1.165, 1.54) is 135 Å². The van der Waals surface area contributed by atoms with Crippen LogP contribution in [0.25, 0.3) is 0 Å². The molecule has 0 spiro atoms. The number of hydrogen-bond donors (Lipinski definition) is 3. The SMILES string of the molecule is CCC(C)CCCCCCCCCCCCCCCCC(=O)O[C@H](COC(=O)CCCCCCCCC(C)CC)COP(=O)(O)OC[C@H](O)COP(=O)(O)OC[C@@H](COC(=O)CCCCCCCCCC(C)C)OC(=O)CCCCCCCCCCC(C)C. The summed E-state index contributed by atoms with van der Waals surface area (Å²) in [6, 6.07) is 0. The second-order valence-electron chi connectivity index (χ2n) is 26.7. The molecule has 17 nitrogen and oxygen atoms in total. The predicted octanol–water partition coefficient (Wildman–Crippen LogP) is 19.7. The highest BCUT2D eigenvalue weighted by Gasteiger charge is 2.30. The second kappa shape index (κ2) is 59.8. The summed E-state index contributed by atoms with van der Waals surface area (Å²) in [6.45, 7) is 14.1. The fourth-order valence-corrected chi connectivity index (χ4v) is 12.0. The monoisotopic (exact) mass is 1310 g/mol. The molecule has 0 fully saturated rings. The van der Waals surface area contributed by atoms with Gasteiger partial charge in [0.15, 0.2) is 12.2 Å². The van der Waals surface area contributed by atoms with Crippen molar-refractivity contribution in [2.45, 2.75) is 363 Å². The molecule has 0 aliphatic carbocycles. The van der Waals surface area contributed by atoms with Crippen LogP contribution in [0.15, 0.2) is 0 Å². The van der Waals surface area contributed by atoms with Gasteiger partial charge in [-0.3, -0.25) is 37.3 Å². The van der Waals surface area contributed by atoms with Gasteiger partial charge in [-0.25, -0.2) is 9.13 Å². The van der Waals surface area contributed by atoms with Crippen LogP contribution >= 0.6 is 15.6 Å². The van der Waals surface area contributed by atoms with Gasteiger partial charge in [0.05, 0.1) is 26.4 Å². The summed E-state index contributed by atoms with van der Waals surface area (Å²) < 4.78 is 68.2. The lowest BCUT2D eigenvalue weighted by Gasteiger charge is -2.21. The van der Waals surface area contributed by atoms with E-state index < -0.39 is 97.5 Å². The molecule has 0 aliphatic rings. The number of unbranched alkanes of at least 4 members (excludes halogenated alkanes) is 31. The first-order valence-corrected chi connectivity index (χ1v) is 39.3. The molecule has 0 saturated carbocycles. The molecule has 0 aromatic rings. The molecule has 0 radical (unpaired) electrons. The number of carbonyl (C=O) groups is 4. The van der Waals surface area contributed by atoms with Gasteiger partial charge >= 0.3 is 39.5 Å². The van der Waals surface area contributed by atoms with Gasteiger partial charge in [-0.05, 0) is 49.4 Å². The molecule has 0 heterocycles. The zero-order valence-electron chi connectivity index (χ0n) is 58.1. The summed E-state index contributed by atoms with van der Waals surface area (Å²) in [4.78, 5) is 72.5. The largest absolute Gasteiger partial charge is 0.472 e. The Bertz CT molecular complexity index is 1770. The van der Waals surface area contributed by atoms with Crippen molar-refractivity contribution in [2.24, 2.45) is 23.7 Å². The van der Waals surface area contributed by atoms with Crippen LogP contribution in [0.4, 0.5) is 0 Å². The van der Waals surface area contributed by atoms with Crippen LogP contribution in [-0.4, -0.2) is 96.7 Å². The molecule has 0 saturated heterocycles. The fraction of sp³-hybridized carbons (Fsp3) is 0.943. The average molecular weight is 1310 g/mol. The Hall–Kier alpha value is -1.94. The number of hydrogen-bond acceptors (Lipinski definition) is 15. The number of esters is 4. The zero-order valence-corrected chi connectivity index (χ0v) is 59.8. The molecule has 0 aliphatic heterocycles.